The minimum absolute atomic E-state index is 0.313. The second-order valence-electron chi connectivity index (χ2n) is 5.47. The molecule has 5 heteroatoms. The number of hydrogen-bond acceptors (Lipinski definition) is 2. The lowest BCUT2D eigenvalue weighted by Gasteiger charge is -2.21. The van der Waals surface area contributed by atoms with E-state index in [1.165, 1.54) is 44.2 Å². The van der Waals surface area contributed by atoms with E-state index in [1.807, 2.05) is 12.3 Å². The first kappa shape index (κ1) is 14.6. The molecule has 2 aromatic rings. The molecule has 112 valence electrons. The van der Waals surface area contributed by atoms with Crippen LogP contribution in [0.5, 0.6) is 5.75 Å². The summed E-state index contributed by atoms with van der Waals surface area (Å²) in [4.78, 5) is 0. The molecule has 1 aromatic carbocycles. The molecule has 0 unspecified atom stereocenters. The zero-order chi connectivity index (χ0) is 14.7. The van der Waals surface area contributed by atoms with Crippen LogP contribution >= 0.6 is 15.9 Å². The summed E-state index contributed by atoms with van der Waals surface area (Å²) in [5.74, 6) is 0.196. The van der Waals surface area contributed by atoms with Crippen molar-refractivity contribution in [1.29, 1.82) is 0 Å². The van der Waals surface area contributed by atoms with Crippen molar-refractivity contribution in [2.45, 2.75) is 44.8 Å². The van der Waals surface area contributed by atoms with E-state index >= 15 is 0 Å². The van der Waals surface area contributed by atoms with Gasteiger partial charge in [-0.1, -0.05) is 35.2 Å². The topological polar surface area (TPSA) is 27.1 Å². The molecule has 0 aliphatic heterocycles. The van der Waals surface area contributed by atoms with Gasteiger partial charge in [-0.3, -0.25) is 4.68 Å². The van der Waals surface area contributed by atoms with Crippen molar-refractivity contribution in [3.05, 3.63) is 46.4 Å². The highest BCUT2D eigenvalue weighted by molar-refractivity contribution is 9.10. The molecule has 1 heterocycles. The van der Waals surface area contributed by atoms with Crippen molar-refractivity contribution < 1.29 is 9.13 Å². The molecular formula is C16H18BrFN2O. The van der Waals surface area contributed by atoms with Gasteiger partial charge in [-0.2, -0.15) is 5.10 Å². The smallest absolute Gasteiger partial charge is 0.132 e. The van der Waals surface area contributed by atoms with Gasteiger partial charge in [0, 0.05) is 16.7 Å². The number of hydrogen-bond donors (Lipinski definition) is 0. The molecule has 0 N–H and O–H groups in total. The summed E-state index contributed by atoms with van der Waals surface area (Å²) in [6, 6.07) is 7.04. The summed E-state index contributed by atoms with van der Waals surface area (Å²) in [6.07, 6.45) is 8.34. The van der Waals surface area contributed by atoms with Crippen LogP contribution in [0.3, 0.4) is 0 Å². The number of benzene rings is 1. The van der Waals surface area contributed by atoms with Crippen molar-refractivity contribution in [3.63, 3.8) is 0 Å². The van der Waals surface area contributed by atoms with Crippen molar-refractivity contribution >= 4 is 15.9 Å². The Hall–Kier alpha value is -1.36. The van der Waals surface area contributed by atoms with Crippen molar-refractivity contribution in [2.75, 3.05) is 0 Å². The van der Waals surface area contributed by atoms with Crippen LogP contribution in [0, 0.1) is 5.82 Å². The second kappa shape index (κ2) is 6.60. The number of aromatic nitrogens is 2. The van der Waals surface area contributed by atoms with Crippen molar-refractivity contribution in [3.8, 4) is 5.75 Å². The second-order valence-corrected chi connectivity index (χ2v) is 6.39. The Morgan fingerprint density at radius 1 is 1.24 bits per heavy atom. The summed E-state index contributed by atoms with van der Waals surface area (Å²) in [7, 11) is 0. The van der Waals surface area contributed by atoms with Crippen LogP contribution in [0.15, 0.2) is 34.9 Å². The van der Waals surface area contributed by atoms with E-state index in [0.717, 1.165) is 5.69 Å². The van der Waals surface area contributed by atoms with Gasteiger partial charge in [-0.15, -0.1) is 0 Å². The van der Waals surface area contributed by atoms with Gasteiger partial charge in [0.25, 0.3) is 0 Å². The molecule has 0 atom stereocenters. The van der Waals surface area contributed by atoms with E-state index in [9.17, 15) is 4.39 Å². The lowest BCUT2D eigenvalue weighted by atomic mass is 9.96. The van der Waals surface area contributed by atoms with E-state index in [2.05, 4.69) is 25.7 Å². The third-order valence-electron chi connectivity index (χ3n) is 3.84. The zero-order valence-corrected chi connectivity index (χ0v) is 13.4. The maximum Gasteiger partial charge on any atom is 0.132 e. The standard InChI is InChI=1S/C16H18BrFN2O/c17-12-8-13(18)10-16(9-12)21-11-14-6-7-20(19-14)15-4-2-1-3-5-15/h6-10,15H,1-5,11H2. The highest BCUT2D eigenvalue weighted by Gasteiger charge is 2.16. The number of nitrogens with zero attached hydrogens (tertiary/aromatic N) is 2. The molecule has 0 bridgehead atoms. The van der Waals surface area contributed by atoms with Gasteiger partial charge < -0.3 is 4.74 Å². The fourth-order valence-electron chi connectivity index (χ4n) is 2.77. The molecule has 0 spiro atoms. The molecule has 3 rings (SSSR count). The fraction of sp³-hybridized carbons (Fsp3) is 0.438. The summed E-state index contributed by atoms with van der Waals surface area (Å²) in [5.41, 5.74) is 0.876. The molecule has 3 nitrogen and oxygen atoms in total. The molecule has 1 fully saturated rings. The van der Waals surface area contributed by atoms with Crippen LogP contribution in [0.1, 0.15) is 43.8 Å². The molecule has 1 aromatic heterocycles. The Labute approximate surface area is 132 Å². The largest absolute Gasteiger partial charge is 0.487 e. The molecule has 21 heavy (non-hydrogen) atoms. The first-order chi connectivity index (χ1) is 10.2. The normalized spacial score (nSPS) is 16.1. The molecule has 0 amide bonds. The molecule has 1 aliphatic carbocycles. The predicted octanol–water partition coefficient (Wildman–Crippen LogP) is 4.87. The highest BCUT2D eigenvalue weighted by atomic mass is 79.9. The van der Waals surface area contributed by atoms with Gasteiger partial charge in [-0.25, -0.2) is 4.39 Å². The predicted molar refractivity (Wildman–Crippen MR) is 82.8 cm³/mol. The molecule has 0 radical (unpaired) electrons. The average Bonchev–Trinajstić information content (AvgIpc) is 2.94. The fourth-order valence-corrected chi connectivity index (χ4v) is 3.22. The summed E-state index contributed by atoms with van der Waals surface area (Å²) in [5, 5.41) is 4.58. The summed E-state index contributed by atoms with van der Waals surface area (Å²) < 4.78 is 21.6. The van der Waals surface area contributed by atoms with E-state index in [1.54, 1.807) is 6.07 Å². The Morgan fingerprint density at radius 2 is 2.05 bits per heavy atom. The summed E-state index contributed by atoms with van der Waals surface area (Å²) in [6.45, 7) is 0.357. The van der Waals surface area contributed by atoms with E-state index < -0.39 is 0 Å². The zero-order valence-electron chi connectivity index (χ0n) is 11.8. The van der Waals surface area contributed by atoms with Crippen LogP contribution in [-0.4, -0.2) is 9.78 Å². The minimum Gasteiger partial charge on any atom is -0.487 e. The molecule has 0 saturated heterocycles. The van der Waals surface area contributed by atoms with E-state index in [0.29, 0.717) is 22.9 Å². The highest BCUT2D eigenvalue weighted by Crippen LogP contribution is 2.27. The van der Waals surface area contributed by atoms with Crippen LogP contribution in [0.25, 0.3) is 0 Å². The van der Waals surface area contributed by atoms with Crippen LogP contribution in [-0.2, 0) is 6.61 Å². The first-order valence-corrected chi connectivity index (χ1v) is 8.13. The van der Waals surface area contributed by atoms with Crippen molar-refractivity contribution in [1.82, 2.24) is 9.78 Å². The number of ether oxygens (including phenoxy) is 1. The molecule has 1 aliphatic rings. The maximum absolute atomic E-state index is 13.3. The van der Waals surface area contributed by atoms with Gasteiger partial charge in [0.1, 0.15) is 18.2 Å². The molecular weight excluding hydrogens is 335 g/mol. The monoisotopic (exact) mass is 352 g/mol. The lowest BCUT2D eigenvalue weighted by Crippen LogP contribution is -2.13. The third-order valence-corrected chi connectivity index (χ3v) is 4.29. The van der Waals surface area contributed by atoms with Gasteiger partial charge >= 0.3 is 0 Å². The SMILES string of the molecule is Fc1cc(Br)cc(OCc2ccn(C3CCCCC3)n2)c1. The van der Waals surface area contributed by atoms with E-state index in [4.69, 9.17) is 4.74 Å². The van der Waals surface area contributed by atoms with Crippen molar-refractivity contribution in [2.24, 2.45) is 0 Å². The number of rotatable bonds is 4. The van der Waals surface area contributed by atoms with Crippen LogP contribution in [0.2, 0.25) is 0 Å². The lowest BCUT2D eigenvalue weighted by molar-refractivity contribution is 0.289. The van der Waals surface area contributed by atoms with E-state index in [-0.39, 0.29) is 5.82 Å². The Bertz CT molecular complexity index is 588. The average molecular weight is 353 g/mol. The minimum atomic E-state index is -0.313. The summed E-state index contributed by atoms with van der Waals surface area (Å²) >= 11 is 3.26. The number of halogens is 2. The Balaban J connectivity index is 1.61. The van der Waals surface area contributed by atoms with Crippen LogP contribution in [0.4, 0.5) is 4.39 Å². The van der Waals surface area contributed by atoms with Crippen LogP contribution < -0.4 is 4.74 Å². The first-order valence-electron chi connectivity index (χ1n) is 7.33. The Kier molecular flexibility index (Phi) is 4.58. The van der Waals surface area contributed by atoms with Gasteiger partial charge in [0.05, 0.1) is 11.7 Å². The van der Waals surface area contributed by atoms with Gasteiger partial charge in [-0.05, 0) is 31.0 Å². The maximum atomic E-state index is 13.3. The van der Waals surface area contributed by atoms with Gasteiger partial charge in [0.2, 0.25) is 0 Å². The Morgan fingerprint density at radius 3 is 2.81 bits per heavy atom. The quantitative estimate of drug-likeness (QED) is 0.784. The third kappa shape index (κ3) is 3.84. The van der Waals surface area contributed by atoms with Gasteiger partial charge in [0.15, 0.2) is 0 Å². The molecule has 1 saturated carbocycles.